The molecule has 0 amide bonds. The molecule has 6 nitrogen and oxygen atoms in total. The Hall–Kier alpha value is -4.06. The summed E-state index contributed by atoms with van der Waals surface area (Å²) in [6.45, 7) is 0.414. The third-order valence-corrected chi connectivity index (χ3v) is 4.84. The van der Waals surface area contributed by atoms with Crippen molar-refractivity contribution in [1.29, 1.82) is 0 Å². The van der Waals surface area contributed by atoms with Gasteiger partial charge >= 0.3 is 0 Å². The molecule has 2 aromatic carbocycles. The van der Waals surface area contributed by atoms with Crippen LogP contribution in [0.1, 0.15) is 5.69 Å². The third kappa shape index (κ3) is 3.63. The van der Waals surface area contributed by atoms with Gasteiger partial charge in [-0.3, -0.25) is 4.98 Å². The molecule has 0 spiro atoms. The van der Waals surface area contributed by atoms with E-state index in [4.69, 9.17) is 4.74 Å². The van der Waals surface area contributed by atoms with Crippen LogP contribution >= 0.6 is 0 Å². The first-order valence-electron chi connectivity index (χ1n) is 9.66. The van der Waals surface area contributed by atoms with Gasteiger partial charge in [-0.2, -0.15) is 15.0 Å². The lowest BCUT2D eigenvalue weighted by atomic mass is 10.1. The summed E-state index contributed by atoms with van der Waals surface area (Å²) in [6, 6.07) is 23.9. The molecule has 30 heavy (non-hydrogen) atoms. The summed E-state index contributed by atoms with van der Waals surface area (Å²) < 4.78 is 5.94. The smallest absolute Gasteiger partial charge is 0.130 e. The number of aromatic nitrogens is 5. The summed E-state index contributed by atoms with van der Waals surface area (Å²) in [6.07, 6.45) is 3.51. The van der Waals surface area contributed by atoms with Gasteiger partial charge in [-0.05, 0) is 48.5 Å². The average Bonchev–Trinajstić information content (AvgIpc) is 3.20. The van der Waals surface area contributed by atoms with Crippen LogP contribution in [-0.4, -0.2) is 25.0 Å². The fraction of sp³-hybridized carbons (Fsp3) is 0.0833. The molecular formula is C24H19N5O. The van der Waals surface area contributed by atoms with Gasteiger partial charge in [-0.1, -0.05) is 24.3 Å². The highest BCUT2D eigenvalue weighted by Gasteiger charge is 2.14. The van der Waals surface area contributed by atoms with E-state index in [1.807, 2.05) is 67.7 Å². The molecule has 0 aliphatic carbocycles. The molecule has 146 valence electrons. The van der Waals surface area contributed by atoms with E-state index in [-0.39, 0.29) is 0 Å². The van der Waals surface area contributed by atoms with Crippen LogP contribution < -0.4 is 4.74 Å². The first-order chi connectivity index (χ1) is 14.8. The van der Waals surface area contributed by atoms with Crippen molar-refractivity contribution in [3.63, 3.8) is 0 Å². The minimum Gasteiger partial charge on any atom is -0.487 e. The summed E-state index contributed by atoms with van der Waals surface area (Å²) in [5, 5.41) is 10.2. The van der Waals surface area contributed by atoms with Crippen LogP contribution in [0.3, 0.4) is 0 Å². The largest absolute Gasteiger partial charge is 0.487 e. The zero-order chi connectivity index (χ0) is 20.3. The van der Waals surface area contributed by atoms with E-state index in [0.29, 0.717) is 6.61 Å². The summed E-state index contributed by atoms with van der Waals surface area (Å²) >= 11 is 0. The van der Waals surface area contributed by atoms with Crippen molar-refractivity contribution in [1.82, 2.24) is 25.0 Å². The fourth-order valence-corrected chi connectivity index (χ4v) is 3.36. The molecule has 0 saturated carbocycles. The van der Waals surface area contributed by atoms with Crippen molar-refractivity contribution in [2.75, 3.05) is 0 Å². The first-order valence-corrected chi connectivity index (χ1v) is 9.66. The van der Waals surface area contributed by atoms with Crippen molar-refractivity contribution < 1.29 is 4.74 Å². The van der Waals surface area contributed by atoms with Gasteiger partial charge in [-0.25, -0.2) is 4.98 Å². The number of ether oxygens (including phenoxy) is 1. The van der Waals surface area contributed by atoms with Crippen molar-refractivity contribution in [3.8, 4) is 28.3 Å². The zero-order valence-electron chi connectivity index (χ0n) is 16.4. The number of nitrogens with zero attached hydrogens (tertiary/aromatic N) is 5. The van der Waals surface area contributed by atoms with Crippen LogP contribution in [0.15, 0.2) is 85.2 Å². The molecule has 0 bridgehead atoms. The van der Waals surface area contributed by atoms with Gasteiger partial charge in [0.2, 0.25) is 0 Å². The van der Waals surface area contributed by atoms with Gasteiger partial charge in [-0.15, -0.1) is 0 Å². The molecule has 6 heteroatoms. The SMILES string of the molecule is Cn1nc(-c2ccncc2)c(-c2ccc(OCc3ccc4ccccc4n3)cc2)n1. The third-order valence-electron chi connectivity index (χ3n) is 4.84. The molecule has 5 aromatic rings. The molecule has 5 rings (SSSR count). The second-order valence-electron chi connectivity index (χ2n) is 6.93. The van der Waals surface area contributed by atoms with Gasteiger partial charge < -0.3 is 4.74 Å². The first kappa shape index (κ1) is 18.0. The number of hydrogen-bond acceptors (Lipinski definition) is 5. The van der Waals surface area contributed by atoms with E-state index < -0.39 is 0 Å². The lowest BCUT2D eigenvalue weighted by Crippen LogP contribution is -1.98. The molecule has 0 saturated heterocycles. The van der Waals surface area contributed by atoms with Gasteiger partial charge in [0, 0.05) is 36.0 Å². The zero-order valence-corrected chi connectivity index (χ0v) is 16.4. The molecule has 0 N–H and O–H groups in total. The molecule has 0 atom stereocenters. The Morgan fingerprint density at radius 2 is 1.47 bits per heavy atom. The Kier molecular flexibility index (Phi) is 4.65. The lowest BCUT2D eigenvalue weighted by molar-refractivity contribution is 0.302. The number of rotatable bonds is 5. The summed E-state index contributed by atoms with van der Waals surface area (Å²) in [5.74, 6) is 0.781. The minimum absolute atomic E-state index is 0.414. The van der Waals surface area contributed by atoms with Crippen LogP contribution in [0, 0.1) is 0 Å². The molecule has 0 radical (unpaired) electrons. The van der Waals surface area contributed by atoms with E-state index in [1.165, 1.54) is 0 Å². The second-order valence-corrected chi connectivity index (χ2v) is 6.93. The van der Waals surface area contributed by atoms with Crippen LogP contribution in [0.4, 0.5) is 0 Å². The van der Waals surface area contributed by atoms with E-state index in [9.17, 15) is 0 Å². The van der Waals surface area contributed by atoms with Crippen LogP contribution in [0.2, 0.25) is 0 Å². The lowest BCUT2D eigenvalue weighted by Gasteiger charge is -2.08. The number of fused-ring (bicyclic) bond motifs is 1. The Balaban J connectivity index is 1.35. The maximum atomic E-state index is 5.94. The highest BCUT2D eigenvalue weighted by Crippen LogP contribution is 2.29. The molecule has 0 fully saturated rings. The van der Waals surface area contributed by atoms with E-state index >= 15 is 0 Å². The number of para-hydroxylation sites is 1. The summed E-state index contributed by atoms with van der Waals surface area (Å²) in [7, 11) is 1.82. The normalized spacial score (nSPS) is 11.0. The molecule has 3 aromatic heterocycles. The maximum absolute atomic E-state index is 5.94. The monoisotopic (exact) mass is 393 g/mol. The number of aryl methyl sites for hydroxylation is 1. The van der Waals surface area contributed by atoms with E-state index in [2.05, 4.69) is 32.3 Å². The Morgan fingerprint density at radius 1 is 0.767 bits per heavy atom. The van der Waals surface area contributed by atoms with Gasteiger partial charge in [0.1, 0.15) is 23.7 Å². The number of hydrogen-bond donors (Lipinski definition) is 0. The van der Waals surface area contributed by atoms with Crippen LogP contribution in [0.25, 0.3) is 33.4 Å². The van der Waals surface area contributed by atoms with Crippen molar-refractivity contribution >= 4 is 10.9 Å². The summed E-state index contributed by atoms with van der Waals surface area (Å²) in [5.41, 5.74) is 5.48. The van der Waals surface area contributed by atoms with E-state index in [0.717, 1.165) is 44.9 Å². The second kappa shape index (κ2) is 7.75. The molecule has 0 aliphatic heterocycles. The number of benzene rings is 2. The van der Waals surface area contributed by atoms with Gasteiger partial charge in [0.05, 0.1) is 11.2 Å². The molecular weight excluding hydrogens is 374 g/mol. The highest BCUT2D eigenvalue weighted by molar-refractivity contribution is 5.78. The summed E-state index contributed by atoms with van der Waals surface area (Å²) in [4.78, 5) is 10.3. The van der Waals surface area contributed by atoms with Crippen LogP contribution in [0.5, 0.6) is 5.75 Å². The Morgan fingerprint density at radius 3 is 2.23 bits per heavy atom. The fourth-order valence-electron chi connectivity index (χ4n) is 3.36. The highest BCUT2D eigenvalue weighted by atomic mass is 16.5. The quantitative estimate of drug-likeness (QED) is 0.434. The van der Waals surface area contributed by atoms with Gasteiger partial charge in [0.25, 0.3) is 0 Å². The minimum atomic E-state index is 0.414. The topological polar surface area (TPSA) is 65.7 Å². The Labute approximate surface area is 173 Å². The van der Waals surface area contributed by atoms with Crippen molar-refractivity contribution in [3.05, 3.63) is 90.9 Å². The van der Waals surface area contributed by atoms with E-state index in [1.54, 1.807) is 17.2 Å². The predicted octanol–water partition coefficient (Wildman–Crippen LogP) is 4.67. The average molecular weight is 393 g/mol. The number of pyridine rings is 2. The van der Waals surface area contributed by atoms with Crippen LogP contribution in [-0.2, 0) is 13.7 Å². The maximum Gasteiger partial charge on any atom is 0.130 e. The molecule has 0 aliphatic rings. The van der Waals surface area contributed by atoms with Crippen molar-refractivity contribution in [2.24, 2.45) is 7.05 Å². The van der Waals surface area contributed by atoms with Gasteiger partial charge in [0.15, 0.2) is 0 Å². The van der Waals surface area contributed by atoms with Crippen molar-refractivity contribution in [2.45, 2.75) is 6.61 Å². The molecule has 3 heterocycles. The standard InChI is InChI=1S/C24H19N5O/c1-29-27-23(24(28-29)19-12-14-25-15-13-19)18-7-10-21(11-8-18)30-16-20-9-6-17-4-2-3-5-22(17)26-20/h2-15H,16H2,1H3. The molecule has 0 unspecified atom stereocenters. The predicted molar refractivity (Wildman–Crippen MR) is 116 cm³/mol. The Bertz CT molecular complexity index is 1300.